The second-order valence-corrected chi connectivity index (χ2v) is 8.25. The van der Waals surface area contributed by atoms with Gasteiger partial charge in [0.25, 0.3) is 0 Å². The molecular formula is C17H16N4O5S. The van der Waals surface area contributed by atoms with Crippen LogP contribution in [0.4, 0.5) is 0 Å². The van der Waals surface area contributed by atoms with Crippen molar-refractivity contribution in [1.82, 2.24) is 19.3 Å². The van der Waals surface area contributed by atoms with Crippen LogP contribution in [-0.2, 0) is 23.0 Å². The van der Waals surface area contributed by atoms with E-state index in [9.17, 15) is 18.3 Å². The first kappa shape index (κ1) is 17.4. The van der Waals surface area contributed by atoms with Crippen molar-refractivity contribution in [1.29, 1.82) is 0 Å². The quantitative estimate of drug-likeness (QED) is 0.697. The summed E-state index contributed by atoms with van der Waals surface area (Å²) >= 11 is 0. The third-order valence-corrected chi connectivity index (χ3v) is 5.75. The second kappa shape index (κ2) is 6.32. The first-order valence-corrected chi connectivity index (χ1v) is 9.98. The van der Waals surface area contributed by atoms with Gasteiger partial charge in [0, 0.05) is 29.2 Å². The van der Waals surface area contributed by atoms with Crippen LogP contribution in [0.15, 0.2) is 30.7 Å². The predicted molar refractivity (Wildman–Crippen MR) is 96.3 cm³/mol. The molecule has 0 saturated carbocycles. The first-order chi connectivity index (χ1) is 12.8. The molecule has 0 atom stereocenters. The summed E-state index contributed by atoms with van der Waals surface area (Å²) in [4.78, 5) is 22.6. The minimum Gasteiger partial charge on any atom is -0.478 e. The van der Waals surface area contributed by atoms with Crippen molar-refractivity contribution in [2.24, 2.45) is 0 Å². The third kappa shape index (κ3) is 3.24. The molecule has 4 rings (SSSR count). The number of rotatable bonds is 4. The lowest BCUT2D eigenvalue weighted by atomic mass is 10.1. The highest BCUT2D eigenvalue weighted by Crippen LogP contribution is 2.31. The molecule has 0 amide bonds. The lowest BCUT2D eigenvalue weighted by Crippen LogP contribution is -2.35. The fourth-order valence-electron chi connectivity index (χ4n) is 3.12. The number of hydrogen-bond donors (Lipinski definition) is 2. The molecule has 10 heteroatoms. The maximum Gasteiger partial charge on any atom is 0.337 e. The highest BCUT2D eigenvalue weighted by molar-refractivity contribution is 7.88. The SMILES string of the molecule is CS(=O)(=O)N1CCc2c(ncnc2Oc2ccc3[nH]cc(C(=O)O)c3c2)C1. The van der Waals surface area contributed by atoms with Gasteiger partial charge in [-0.3, -0.25) is 0 Å². The fourth-order valence-corrected chi connectivity index (χ4v) is 3.90. The number of carbonyl (C=O) groups is 1. The van der Waals surface area contributed by atoms with E-state index in [0.717, 1.165) is 5.56 Å². The van der Waals surface area contributed by atoms with Crippen molar-refractivity contribution in [3.05, 3.63) is 47.5 Å². The number of ether oxygens (including phenoxy) is 1. The van der Waals surface area contributed by atoms with Crippen LogP contribution in [0.3, 0.4) is 0 Å². The van der Waals surface area contributed by atoms with E-state index in [1.165, 1.54) is 23.1 Å². The molecular weight excluding hydrogens is 372 g/mol. The Hall–Kier alpha value is -2.98. The fraction of sp³-hybridized carbons (Fsp3) is 0.235. The van der Waals surface area contributed by atoms with Gasteiger partial charge in [0.2, 0.25) is 15.9 Å². The molecule has 1 aromatic carbocycles. The number of carboxylic acids is 1. The molecule has 9 nitrogen and oxygen atoms in total. The van der Waals surface area contributed by atoms with Crippen LogP contribution >= 0.6 is 0 Å². The molecule has 140 valence electrons. The van der Waals surface area contributed by atoms with E-state index in [1.54, 1.807) is 18.2 Å². The highest BCUT2D eigenvalue weighted by Gasteiger charge is 2.27. The van der Waals surface area contributed by atoms with Gasteiger partial charge in [-0.15, -0.1) is 0 Å². The number of nitrogens with zero attached hydrogens (tertiary/aromatic N) is 3. The predicted octanol–water partition coefficient (Wildman–Crippen LogP) is 1.77. The summed E-state index contributed by atoms with van der Waals surface area (Å²) in [6.07, 6.45) is 4.37. The number of aromatic amines is 1. The van der Waals surface area contributed by atoms with E-state index >= 15 is 0 Å². The normalized spacial score (nSPS) is 14.9. The zero-order valence-electron chi connectivity index (χ0n) is 14.3. The van der Waals surface area contributed by atoms with Crippen molar-refractivity contribution >= 4 is 26.9 Å². The molecule has 0 radical (unpaired) electrons. The van der Waals surface area contributed by atoms with Gasteiger partial charge in [0.15, 0.2) is 0 Å². The smallest absolute Gasteiger partial charge is 0.337 e. The Labute approximate surface area is 154 Å². The lowest BCUT2D eigenvalue weighted by Gasteiger charge is -2.26. The Morgan fingerprint density at radius 1 is 1.33 bits per heavy atom. The van der Waals surface area contributed by atoms with Crippen LogP contribution in [0.5, 0.6) is 11.6 Å². The monoisotopic (exact) mass is 388 g/mol. The minimum atomic E-state index is -3.30. The van der Waals surface area contributed by atoms with Crippen molar-refractivity contribution in [3.8, 4) is 11.6 Å². The number of nitrogens with one attached hydrogen (secondary N) is 1. The van der Waals surface area contributed by atoms with Crippen LogP contribution in [0.1, 0.15) is 21.6 Å². The Bertz CT molecular complexity index is 1160. The summed E-state index contributed by atoms with van der Waals surface area (Å²) in [7, 11) is -3.30. The van der Waals surface area contributed by atoms with Crippen LogP contribution in [0.25, 0.3) is 10.9 Å². The van der Waals surface area contributed by atoms with Gasteiger partial charge in [-0.05, 0) is 24.6 Å². The Balaban J connectivity index is 1.67. The summed E-state index contributed by atoms with van der Waals surface area (Å²) in [5, 5.41) is 9.80. The molecule has 0 spiro atoms. The molecule has 0 bridgehead atoms. The number of benzene rings is 1. The van der Waals surface area contributed by atoms with E-state index in [2.05, 4.69) is 15.0 Å². The van der Waals surface area contributed by atoms with Crippen molar-refractivity contribution in [2.75, 3.05) is 12.8 Å². The number of hydrogen-bond acceptors (Lipinski definition) is 6. The zero-order valence-corrected chi connectivity index (χ0v) is 15.2. The third-order valence-electron chi connectivity index (χ3n) is 4.50. The highest BCUT2D eigenvalue weighted by atomic mass is 32.2. The minimum absolute atomic E-state index is 0.156. The van der Waals surface area contributed by atoms with Crippen LogP contribution < -0.4 is 4.74 Å². The van der Waals surface area contributed by atoms with E-state index in [1.807, 2.05) is 0 Å². The Morgan fingerprint density at radius 2 is 2.15 bits per heavy atom. The first-order valence-electron chi connectivity index (χ1n) is 8.13. The summed E-state index contributed by atoms with van der Waals surface area (Å²) in [6.45, 7) is 0.503. The van der Waals surface area contributed by atoms with Gasteiger partial charge in [0.05, 0.1) is 24.1 Å². The Kier molecular flexibility index (Phi) is 4.08. The van der Waals surface area contributed by atoms with Crippen LogP contribution in [-0.4, -0.2) is 51.6 Å². The van der Waals surface area contributed by atoms with Gasteiger partial charge < -0.3 is 14.8 Å². The molecule has 0 fully saturated rings. The number of aromatic carboxylic acids is 1. The number of carboxylic acid groups (broad SMARTS) is 1. The summed E-state index contributed by atoms with van der Waals surface area (Å²) in [5.74, 6) is -0.241. The molecule has 0 aliphatic carbocycles. The summed E-state index contributed by atoms with van der Waals surface area (Å²) < 4.78 is 30.8. The van der Waals surface area contributed by atoms with Gasteiger partial charge in [-0.25, -0.2) is 23.2 Å². The van der Waals surface area contributed by atoms with E-state index < -0.39 is 16.0 Å². The zero-order chi connectivity index (χ0) is 19.2. The van der Waals surface area contributed by atoms with Crippen molar-refractivity contribution < 1.29 is 23.1 Å². The second-order valence-electron chi connectivity index (χ2n) is 6.27. The summed E-state index contributed by atoms with van der Waals surface area (Å²) in [6, 6.07) is 5.08. The van der Waals surface area contributed by atoms with Gasteiger partial charge in [-0.2, -0.15) is 4.31 Å². The van der Waals surface area contributed by atoms with Gasteiger partial charge >= 0.3 is 5.97 Å². The molecule has 1 aliphatic rings. The van der Waals surface area contributed by atoms with Gasteiger partial charge in [-0.1, -0.05) is 0 Å². The Morgan fingerprint density at radius 3 is 2.89 bits per heavy atom. The number of fused-ring (bicyclic) bond motifs is 2. The maximum absolute atomic E-state index is 11.8. The lowest BCUT2D eigenvalue weighted by molar-refractivity contribution is 0.0699. The molecule has 2 N–H and O–H groups in total. The van der Waals surface area contributed by atoms with Crippen molar-refractivity contribution in [3.63, 3.8) is 0 Å². The molecule has 0 unspecified atom stereocenters. The molecule has 2 aromatic heterocycles. The molecule has 27 heavy (non-hydrogen) atoms. The van der Waals surface area contributed by atoms with E-state index in [4.69, 9.17) is 4.74 Å². The average Bonchev–Trinajstić information content (AvgIpc) is 3.04. The molecule has 1 aliphatic heterocycles. The topological polar surface area (TPSA) is 125 Å². The van der Waals surface area contributed by atoms with E-state index in [-0.39, 0.29) is 12.1 Å². The van der Waals surface area contributed by atoms with Gasteiger partial charge in [0.1, 0.15) is 12.1 Å². The summed E-state index contributed by atoms with van der Waals surface area (Å²) in [5.41, 5.74) is 2.20. The maximum atomic E-state index is 11.8. The largest absolute Gasteiger partial charge is 0.478 e. The van der Waals surface area contributed by atoms with E-state index in [0.29, 0.717) is 41.2 Å². The average molecular weight is 388 g/mol. The number of aromatic nitrogens is 3. The van der Waals surface area contributed by atoms with Crippen LogP contribution in [0.2, 0.25) is 0 Å². The molecule has 3 aromatic rings. The number of H-pyrrole nitrogens is 1. The molecule has 3 heterocycles. The standard InChI is InChI=1S/C17H16N4O5S/c1-27(24,25)21-5-4-11-15(8-21)19-9-20-16(11)26-10-2-3-14-12(6-10)13(7-18-14)17(22)23/h2-3,6-7,9,18H,4-5,8H2,1H3,(H,22,23). The van der Waals surface area contributed by atoms with Crippen LogP contribution in [0, 0.1) is 0 Å². The van der Waals surface area contributed by atoms with Crippen molar-refractivity contribution in [2.45, 2.75) is 13.0 Å². The molecule has 0 saturated heterocycles. The number of sulfonamides is 1.